The van der Waals surface area contributed by atoms with Crippen LogP contribution in [0.4, 0.5) is 10.1 Å². The quantitative estimate of drug-likeness (QED) is 0.911. The Kier molecular flexibility index (Phi) is 4.17. The molecule has 0 saturated heterocycles. The van der Waals surface area contributed by atoms with Gasteiger partial charge in [-0.3, -0.25) is 0 Å². The van der Waals surface area contributed by atoms with E-state index in [1.807, 2.05) is 49.3 Å². The lowest BCUT2D eigenvalue weighted by Crippen LogP contribution is -2.09. The summed E-state index contributed by atoms with van der Waals surface area (Å²) in [6.07, 6.45) is -0.197. The highest BCUT2D eigenvalue weighted by molar-refractivity contribution is 5.46. The maximum atomic E-state index is 13.1. The van der Waals surface area contributed by atoms with E-state index >= 15 is 0 Å². The summed E-state index contributed by atoms with van der Waals surface area (Å²) in [4.78, 5) is 2.00. The summed E-state index contributed by atoms with van der Waals surface area (Å²) in [5.74, 6) is -0.271. The Morgan fingerprint density at radius 1 is 1.11 bits per heavy atom. The van der Waals surface area contributed by atoms with Crippen molar-refractivity contribution >= 4 is 5.69 Å². The van der Waals surface area contributed by atoms with Crippen LogP contribution in [0.3, 0.4) is 0 Å². The lowest BCUT2D eigenvalue weighted by atomic mass is 10.0. The van der Waals surface area contributed by atoms with Gasteiger partial charge in [-0.15, -0.1) is 0 Å². The summed E-state index contributed by atoms with van der Waals surface area (Å²) in [6.45, 7) is 0. The van der Waals surface area contributed by atoms with Crippen LogP contribution in [0, 0.1) is 5.82 Å². The Balaban J connectivity index is 2.09. The largest absolute Gasteiger partial charge is 0.388 e. The molecule has 0 radical (unpaired) electrons. The summed E-state index contributed by atoms with van der Waals surface area (Å²) in [7, 11) is 3.94. The van der Waals surface area contributed by atoms with Crippen molar-refractivity contribution in [2.75, 3.05) is 19.0 Å². The van der Waals surface area contributed by atoms with E-state index in [1.54, 1.807) is 6.07 Å². The van der Waals surface area contributed by atoms with Crippen LogP contribution in [0.1, 0.15) is 17.2 Å². The van der Waals surface area contributed by atoms with Gasteiger partial charge in [0.25, 0.3) is 0 Å². The third-order valence-electron chi connectivity index (χ3n) is 3.11. The molecule has 0 amide bonds. The zero-order chi connectivity index (χ0) is 13.8. The molecule has 3 heteroatoms. The second-order valence-corrected chi connectivity index (χ2v) is 4.84. The zero-order valence-corrected chi connectivity index (χ0v) is 11.2. The molecule has 0 aromatic heterocycles. The molecule has 0 heterocycles. The van der Waals surface area contributed by atoms with Crippen molar-refractivity contribution in [3.8, 4) is 0 Å². The predicted molar refractivity (Wildman–Crippen MR) is 75.8 cm³/mol. The lowest BCUT2D eigenvalue weighted by molar-refractivity contribution is 0.178. The van der Waals surface area contributed by atoms with E-state index in [0.29, 0.717) is 6.42 Å². The molecular weight excluding hydrogens is 241 g/mol. The molecule has 2 rings (SSSR count). The third-order valence-corrected chi connectivity index (χ3v) is 3.11. The Morgan fingerprint density at radius 3 is 2.37 bits per heavy atom. The standard InChI is InChI=1S/C16H18FNO/c1-18(2)15-8-6-13(7-9-15)16(19)11-12-4-3-5-14(17)10-12/h3-10,16,19H,11H2,1-2H3. The Labute approximate surface area is 113 Å². The number of aliphatic hydroxyl groups is 1. The zero-order valence-electron chi connectivity index (χ0n) is 11.2. The van der Waals surface area contributed by atoms with Gasteiger partial charge in [0.2, 0.25) is 0 Å². The monoisotopic (exact) mass is 259 g/mol. The molecule has 0 saturated carbocycles. The topological polar surface area (TPSA) is 23.5 Å². The molecule has 0 aliphatic carbocycles. The van der Waals surface area contributed by atoms with Gasteiger partial charge in [-0.05, 0) is 35.4 Å². The van der Waals surface area contributed by atoms with Gasteiger partial charge in [0.05, 0.1) is 6.10 Å². The molecule has 1 unspecified atom stereocenters. The Bertz CT molecular complexity index is 537. The van der Waals surface area contributed by atoms with E-state index < -0.39 is 6.10 Å². The van der Waals surface area contributed by atoms with Gasteiger partial charge in [-0.25, -0.2) is 4.39 Å². The first-order valence-electron chi connectivity index (χ1n) is 6.26. The second kappa shape index (κ2) is 5.85. The van der Waals surface area contributed by atoms with Crippen molar-refractivity contribution < 1.29 is 9.50 Å². The van der Waals surface area contributed by atoms with Crippen molar-refractivity contribution in [1.82, 2.24) is 0 Å². The SMILES string of the molecule is CN(C)c1ccc(C(O)Cc2cccc(F)c2)cc1. The first-order valence-corrected chi connectivity index (χ1v) is 6.26. The molecule has 0 spiro atoms. The van der Waals surface area contributed by atoms with Gasteiger partial charge in [-0.1, -0.05) is 24.3 Å². The first kappa shape index (κ1) is 13.6. The number of hydrogen-bond donors (Lipinski definition) is 1. The van der Waals surface area contributed by atoms with Gasteiger partial charge in [-0.2, -0.15) is 0 Å². The summed E-state index contributed by atoms with van der Waals surface area (Å²) < 4.78 is 13.1. The van der Waals surface area contributed by atoms with Crippen molar-refractivity contribution in [2.45, 2.75) is 12.5 Å². The maximum Gasteiger partial charge on any atom is 0.123 e. The van der Waals surface area contributed by atoms with Crippen molar-refractivity contribution in [3.05, 3.63) is 65.5 Å². The van der Waals surface area contributed by atoms with Crippen LogP contribution in [0.2, 0.25) is 0 Å². The van der Waals surface area contributed by atoms with Crippen molar-refractivity contribution in [3.63, 3.8) is 0 Å². The summed E-state index contributed by atoms with van der Waals surface area (Å²) in [5, 5.41) is 10.2. The molecular formula is C16H18FNO. The number of rotatable bonds is 4. The van der Waals surface area contributed by atoms with E-state index in [1.165, 1.54) is 12.1 Å². The van der Waals surface area contributed by atoms with Crippen LogP contribution >= 0.6 is 0 Å². The van der Waals surface area contributed by atoms with Crippen LogP contribution in [-0.4, -0.2) is 19.2 Å². The highest BCUT2D eigenvalue weighted by Gasteiger charge is 2.09. The van der Waals surface area contributed by atoms with E-state index in [0.717, 1.165) is 16.8 Å². The Hall–Kier alpha value is -1.87. The number of nitrogens with zero attached hydrogens (tertiary/aromatic N) is 1. The molecule has 1 atom stereocenters. The molecule has 100 valence electrons. The molecule has 2 aromatic carbocycles. The number of aliphatic hydroxyl groups excluding tert-OH is 1. The van der Waals surface area contributed by atoms with Gasteiger partial charge in [0.1, 0.15) is 5.82 Å². The first-order chi connectivity index (χ1) is 9.06. The Morgan fingerprint density at radius 2 is 1.79 bits per heavy atom. The molecule has 19 heavy (non-hydrogen) atoms. The summed E-state index contributed by atoms with van der Waals surface area (Å²) >= 11 is 0. The molecule has 0 bridgehead atoms. The maximum absolute atomic E-state index is 13.1. The predicted octanol–water partition coefficient (Wildman–Crippen LogP) is 3.17. The minimum absolute atomic E-state index is 0.271. The summed E-state index contributed by atoms with van der Waals surface area (Å²) in [5.41, 5.74) is 2.72. The smallest absolute Gasteiger partial charge is 0.123 e. The molecule has 0 aliphatic rings. The highest BCUT2D eigenvalue weighted by Crippen LogP contribution is 2.21. The molecule has 0 aliphatic heterocycles. The van der Waals surface area contributed by atoms with Gasteiger partial charge in [0.15, 0.2) is 0 Å². The van der Waals surface area contributed by atoms with Crippen LogP contribution < -0.4 is 4.90 Å². The van der Waals surface area contributed by atoms with Crippen molar-refractivity contribution in [2.24, 2.45) is 0 Å². The second-order valence-electron chi connectivity index (χ2n) is 4.84. The number of benzene rings is 2. The lowest BCUT2D eigenvalue weighted by Gasteiger charge is -2.15. The third kappa shape index (κ3) is 3.55. The fraction of sp³-hybridized carbons (Fsp3) is 0.250. The van der Waals surface area contributed by atoms with Crippen LogP contribution in [0.5, 0.6) is 0 Å². The van der Waals surface area contributed by atoms with Crippen LogP contribution in [0.15, 0.2) is 48.5 Å². The van der Waals surface area contributed by atoms with Gasteiger partial charge >= 0.3 is 0 Å². The van der Waals surface area contributed by atoms with Crippen molar-refractivity contribution in [1.29, 1.82) is 0 Å². The van der Waals surface area contributed by atoms with Crippen LogP contribution in [-0.2, 0) is 6.42 Å². The van der Waals surface area contributed by atoms with Crippen LogP contribution in [0.25, 0.3) is 0 Å². The summed E-state index contributed by atoms with van der Waals surface area (Å²) in [6, 6.07) is 14.1. The van der Waals surface area contributed by atoms with Gasteiger partial charge < -0.3 is 10.0 Å². The molecule has 0 fully saturated rings. The van der Waals surface area contributed by atoms with Gasteiger partial charge in [0, 0.05) is 26.2 Å². The average molecular weight is 259 g/mol. The average Bonchev–Trinajstić information content (AvgIpc) is 2.39. The molecule has 1 N–H and O–H groups in total. The molecule has 2 nitrogen and oxygen atoms in total. The minimum atomic E-state index is -0.613. The minimum Gasteiger partial charge on any atom is -0.388 e. The molecule has 2 aromatic rings. The number of halogens is 1. The normalized spacial score (nSPS) is 12.2. The fourth-order valence-electron chi connectivity index (χ4n) is 2.00. The van der Waals surface area contributed by atoms with E-state index in [9.17, 15) is 9.50 Å². The number of anilines is 1. The highest BCUT2D eigenvalue weighted by atomic mass is 19.1. The van der Waals surface area contributed by atoms with E-state index in [2.05, 4.69) is 0 Å². The fourth-order valence-corrected chi connectivity index (χ4v) is 2.00. The van der Waals surface area contributed by atoms with E-state index in [4.69, 9.17) is 0 Å². The van der Waals surface area contributed by atoms with E-state index in [-0.39, 0.29) is 5.82 Å². The number of hydrogen-bond acceptors (Lipinski definition) is 2.